The first-order chi connectivity index (χ1) is 7.72. The number of hydrogen-bond acceptors (Lipinski definition) is 2. The minimum absolute atomic E-state index is 0.0599. The van der Waals surface area contributed by atoms with Crippen LogP contribution in [0.25, 0.3) is 0 Å². The summed E-state index contributed by atoms with van der Waals surface area (Å²) in [6, 6.07) is 0.202. The molecule has 4 nitrogen and oxygen atoms in total. The van der Waals surface area contributed by atoms with E-state index < -0.39 is 0 Å². The third kappa shape index (κ3) is 2.32. The molecular formula is C12H22N2O2. The lowest BCUT2D eigenvalue weighted by atomic mass is 10.0. The highest BCUT2D eigenvalue weighted by molar-refractivity contribution is 5.75. The zero-order valence-corrected chi connectivity index (χ0v) is 10.1. The molecule has 0 aromatic carbocycles. The smallest absolute Gasteiger partial charge is 0.320 e. The van der Waals surface area contributed by atoms with E-state index in [1.54, 1.807) is 0 Å². The first-order valence-corrected chi connectivity index (χ1v) is 6.38. The molecule has 2 aliphatic rings. The number of aliphatic hydroxyl groups is 1. The van der Waals surface area contributed by atoms with Crippen LogP contribution in [0.15, 0.2) is 0 Å². The molecule has 0 saturated carbocycles. The third-order valence-corrected chi connectivity index (χ3v) is 3.76. The summed E-state index contributed by atoms with van der Waals surface area (Å²) in [5, 5.41) is 9.22. The Hall–Kier alpha value is -0.770. The predicted molar refractivity (Wildman–Crippen MR) is 62.2 cm³/mol. The van der Waals surface area contributed by atoms with Gasteiger partial charge in [-0.1, -0.05) is 6.92 Å². The molecular weight excluding hydrogens is 204 g/mol. The maximum absolute atomic E-state index is 12.3. The molecule has 92 valence electrons. The molecule has 2 atom stereocenters. The van der Waals surface area contributed by atoms with Gasteiger partial charge in [-0.2, -0.15) is 0 Å². The van der Waals surface area contributed by atoms with Gasteiger partial charge in [0.25, 0.3) is 0 Å². The third-order valence-electron chi connectivity index (χ3n) is 3.76. The minimum atomic E-state index is 0.0599. The first kappa shape index (κ1) is 11.7. The average molecular weight is 226 g/mol. The zero-order valence-electron chi connectivity index (χ0n) is 10.1. The van der Waals surface area contributed by atoms with Crippen LogP contribution in [0.5, 0.6) is 0 Å². The number of piperidine rings is 1. The van der Waals surface area contributed by atoms with Crippen LogP contribution in [0.2, 0.25) is 0 Å². The van der Waals surface area contributed by atoms with E-state index in [1.807, 2.05) is 9.80 Å². The molecule has 2 heterocycles. The fourth-order valence-electron chi connectivity index (χ4n) is 2.82. The van der Waals surface area contributed by atoms with Crippen LogP contribution in [0.3, 0.4) is 0 Å². The van der Waals surface area contributed by atoms with E-state index in [9.17, 15) is 9.90 Å². The highest BCUT2D eigenvalue weighted by Crippen LogP contribution is 2.22. The molecule has 2 fully saturated rings. The van der Waals surface area contributed by atoms with Gasteiger partial charge in [-0.15, -0.1) is 0 Å². The van der Waals surface area contributed by atoms with Gasteiger partial charge in [0, 0.05) is 19.6 Å². The van der Waals surface area contributed by atoms with Crippen molar-refractivity contribution in [2.75, 3.05) is 26.2 Å². The van der Waals surface area contributed by atoms with E-state index in [-0.39, 0.29) is 18.7 Å². The van der Waals surface area contributed by atoms with E-state index in [4.69, 9.17) is 0 Å². The number of rotatable bonds is 1. The predicted octanol–water partition coefficient (Wildman–Crippen LogP) is 1.30. The lowest BCUT2D eigenvalue weighted by molar-refractivity contribution is 0.110. The normalized spacial score (nSPS) is 30.9. The lowest BCUT2D eigenvalue weighted by Gasteiger charge is -2.35. The van der Waals surface area contributed by atoms with Crippen molar-refractivity contribution < 1.29 is 9.90 Å². The summed E-state index contributed by atoms with van der Waals surface area (Å²) in [5.41, 5.74) is 0. The number of amides is 2. The minimum Gasteiger partial charge on any atom is -0.394 e. The molecule has 0 spiro atoms. The number of urea groups is 1. The van der Waals surface area contributed by atoms with Crippen LogP contribution < -0.4 is 0 Å². The Balaban J connectivity index is 1.95. The van der Waals surface area contributed by atoms with Gasteiger partial charge in [0.15, 0.2) is 0 Å². The van der Waals surface area contributed by atoms with Gasteiger partial charge < -0.3 is 14.9 Å². The molecule has 0 radical (unpaired) electrons. The van der Waals surface area contributed by atoms with Crippen molar-refractivity contribution >= 4 is 6.03 Å². The molecule has 1 N–H and O–H groups in total. The summed E-state index contributed by atoms with van der Waals surface area (Å²) in [6.45, 7) is 4.89. The van der Waals surface area contributed by atoms with E-state index >= 15 is 0 Å². The molecule has 1 unspecified atom stereocenters. The zero-order chi connectivity index (χ0) is 11.5. The second-order valence-corrected chi connectivity index (χ2v) is 5.15. The first-order valence-electron chi connectivity index (χ1n) is 6.38. The standard InChI is InChI=1S/C12H22N2O2/c1-10-4-2-6-13(8-10)12(16)14-7-3-5-11(14)9-15/h10-11,15H,2-9H2,1H3/t10?,11-/m1/s1. The summed E-state index contributed by atoms with van der Waals surface area (Å²) in [4.78, 5) is 16.1. The van der Waals surface area contributed by atoms with Gasteiger partial charge in [0.1, 0.15) is 0 Å². The summed E-state index contributed by atoms with van der Waals surface area (Å²) < 4.78 is 0. The maximum atomic E-state index is 12.3. The van der Waals surface area contributed by atoms with Gasteiger partial charge in [-0.3, -0.25) is 0 Å². The van der Waals surface area contributed by atoms with E-state index in [0.717, 1.165) is 38.9 Å². The van der Waals surface area contributed by atoms with Crippen molar-refractivity contribution in [3.8, 4) is 0 Å². The molecule has 2 aliphatic heterocycles. The van der Waals surface area contributed by atoms with Crippen molar-refractivity contribution in [3.05, 3.63) is 0 Å². The number of aliphatic hydroxyl groups excluding tert-OH is 1. The second-order valence-electron chi connectivity index (χ2n) is 5.15. The molecule has 2 rings (SSSR count). The van der Waals surface area contributed by atoms with E-state index in [1.165, 1.54) is 6.42 Å². The molecule has 16 heavy (non-hydrogen) atoms. The largest absolute Gasteiger partial charge is 0.394 e. The molecule has 0 aromatic rings. The van der Waals surface area contributed by atoms with Gasteiger partial charge >= 0.3 is 6.03 Å². The number of nitrogens with zero attached hydrogens (tertiary/aromatic N) is 2. The fourth-order valence-corrected chi connectivity index (χ4v) is 2.82. The lowest BCUT2D eigenvalue weighted by Crippen LogP contribution is -2.49. The number of carbonyl (C=O) groups excluding carboxylic acids is 1. The Bertz CT molecular complexity index is 257. The quantitative estimate of drug-likeness (QED) is 0.732. The summed E-state index contributed by atoms with van der Waals surface area (Å²) in [6.07, 6.45) is 4.32. The molecule has 0 aromatic heterocycles. The monoisotopic (exact) mass is 226 g/mol. The SMILES string of the molecule is CC1CCCN(C(=O)N2CCC[C@@H]2CO)C1. The van der Waals surface area contributed by atoms with Crippen LogP contribution in [0.1, 0.15) is 32.6 Å². The summed E-state index contributed by atoms with van der Waals surface area (Å²) >= 11 is 0. The van der Waals surface area contributed by atoms with Crippen LogP contribution in [0.4, 0.5) is 4.79 Å². The summed E-state index contributed by atoms with van der Waals surface area (Å²) in [7, 11) is 0. The Kier molecular flexibility index (Phi) is 3.69. The topological polar surface area (TPSA) is 43.8 Å². The van der Waals surface area contributed by atoms with Crippen molar-refractivity contribution in [1.29, 1.82) is 0 Å². The van der Waals surface area contributed by atoms with E-state index in [0.29, 0.717) is 5.92 Å². The van der Waals surface area contributed by atoms with Crippen LogP contribution in [0, 0.1) is 5.92 Å². The highest BCUT2D eigenvalue weighted by atomic mass is 16.3. The van der Waals surface area contributed by atoms with Gasteiger partial charge in [-0.25, -0.2) is 4.79 Å². The van der Waals surface area contributed by atoms with Crippen molar-refractivity contribution in [3.63, 3.8) is 0 Å². The second kappa shape index (κ2) is 5.04. The van der Waals surface area contributed by atoms with Gasteiger partial charge in [0.05, 0.1) is 12.6 Å². The van der Waals surface area contributed by atoms with Crippen LogP contribution >= 0.6 is 0 Å². The van der Waals surface area contributed by atoms with Crippen molar-refractivity contribution in [2.24, 2.45) is 5.92 Å². The molecule has 2 saturated heterocycles. The van der Waals surface area contributed by atoms with E-state index in [2.05, 4.69) is 6.92 Å². The molecule has 0 aliphatic carbocycles. The molecule has 2 amide bonds. The van der Waals surface area contributed by atoms with Gasteiger partial charge in [0.2, 0.25) is 0 Å². The van der Waals surface area contributed by atoms with Crippen molar-refractivity contribution in [1.82, 2.24) is 9.80 Å². The number of likely N-dealkylation sites (tertiary alicyclic amines) is 2. The maximum Gasteiger partial charge on any atom is 0.320 e. The molecule has 4 heteroatoms. The summed E-state index contributed by atoms with van der Waals surface area (Å²) in [5.74, 6) is 0.618. The Labute approximate surface area is 97.2 Å². The number of hydrogen-bond donors (Lipinski definition) is 1. The average Bonchev–Trinajstić information content (AvgIpc) is 2.76. The van der Waals surface area contributed by atoms with Crippen LogP contribution in [-0.4, -0.2) is 53.2 Å². The fraction of sp³-hybridized carbons (Fsp3) is 0.917. The Morgan fingerprint density at radius 3 is 2.75 bits per heavy atom. The van der Waals surface area contributed by atoms with Crippen LogP contribution in [-0.2, 0) is 0 Å². The molecule has 0 bridgehead atoms. The highest BCUT2D eigenvalue weighted by Gasteiger charge is 2.32. The Morgan fingerprint density at radius 1 is 1.31 bits per heavy atom. The number of carbonyl (C=O) groups is 1. The van der Waals surface area contributed by atoms with Crippen molar-refractivity contribution in [2.45, 2.75) is 38.6 Å². The Morgan fingerprint density at radius 2 is 2.06 bits per heavy atom. The van der Waals surface area contributed by atoms with Gasteiger partial charge in [-0.05, 0) is 31.6 Å².